The smallest absolute Gasteiger partial charge is 0.314 e. The Balaban J connectivity index is 1.77. The van der Waals surface area contributed by atoms with Gasteiger partial charge in [0.1, 0.15) is 0 Å². The zero-order valence-corrected chi connectivity index (χ0v) is 17.2. The Kier molecular flexibility index (Phi) is 5.74. The molecular formula is C19H20N4O6S. The van der Waals surface area contributed by atoms with Gasteiger partial charge in [0.05, 0.1) is 22.1 Å². The van der Waals surface area contributed by atoms with Crippen LogP contribution in [0.5, 0.6) is 0 Å². The summed E-state index contributed by atoms with van der Waals surface area (Å²) in [5.41, 5.74) is 1.83. The van der Waals surface area contributed by atoms with Crippen molar-refractivity contribution in [2.24, 2.45) is 0 Å². The average molecular weight is 432 g/mol. The van der Waals surface area contributed by atoms with Crippen molar-refractivity contribution in [3.63, 3.8) is 0 Å². The number of nitro groups is 1. The van der Waals surface area contributed by atoms with Crippen LogP contribution in [-0.2, 0) is 19.6 Å². The largest absolute Gasteiger partial charge is 0.317 e. The van der Waals surface area contributed by atoms with Crippen LogP contribution >= 0.6 is 0 Å². The van der Waals surface area contributed by atoms with E-state index in [1.165, 1.54) is 28.6 Å². The third-order valence-electron chi connectivity index (χ3n) is 4.74. The fourth-order valence-corrected chi connectivity index (χ4v) is 4.60. The number of benzene rings is 2. The van der Waals surface area contributed by atoms with Gasteiger partial charge in [0.15, 0.2) is 0 Å². The normalized spacial score (nSPS) is 14.9. The molecule has 0 bridgehead atoms. The SMILES string of the molecule is Cc1ccc(N2CCCS2(=O)=O)cc1NC(=O)C(=O)Nc1cc([N+](=O)[O-])ccc1C. The molecule has 1 fully saturated rings. The molecule has 1 aliphatic heterocycles. The highest BCUT2D eigenvalue weighted by atomic mass is 32.2. The lowest BCUT2D eigenvalue weighted by Crippen LogP contribution is -2.30. The molecule has 0 unspecified atom stereocenters. The number of nitro benzene ring substituents is 1. The summed E-state index contributed by atoms with van der Waals surface area (Å²) in [6.07, 6.45) is 0.517. The van der Waals surface area contributed by atoms with Crippen molar-refractivity contribution in [2.75, 3.05) is 27.2 Å². The highest BCUT2D eigenvalue weighted by molar-refractivity contribution is 7.93. The third kappa shape index (κ3) is 4.40. The highest BCUT2D eigenvalue weighted by Gasteiger charge is 2.29. The van der Waals surface area contributed by atoms with E-state index in [0.717, 1.165) is 0 Å². The van der Waals surface area contributed by atoms with E-state index in [1.54, 1.807) is 26.0 Å². The minimum Gasteiger partial charge on any atom is -0.317 e. The summed E-state index contributed by atoms with van der Waals surface area (Å²) in [5.74, 6) is -1.92. The van der Waals surface area contributed by atoms with Crippen molar-refractivity contribution in [3.05, 3.63) is 57.6 Å². The van der Waals surface area contributed by atoms with Crippen LogP contribution in [0.3, 0.4) is 0 Å². The minimum atomic E-state index is -3.38. The molecule has 30 heavy (non-hydrogen) atoms. The summed E-state index contributed by atoms with van der Waals surface area (Å²) in [5, 5.41) is 15.8. The second kappa shape index (κ2) is 8.11. The van der Waals surface area contributed by atoms with E-state index in [0.29, 0.717) is 35.5 Å². The number of carbonyl (C=O) groups is 2. The van der Waals surface area contributed by atoms with Gasteiger partial charge in [0, 0.05) is 24.4 Å². The Labute approximate surface area is 173 Å². The summed E-state index contributed by atoms with van der Waals surface area (Å²) in [7, 11) is -3.38. The van der Waals surface area contributed by atoms with Gasteiger partial charge in [-0.05, 0) is 43.5 Å². The number of nitrogens with zero attached hydrogens (tertiary/aromatic N) is 2. The molecule has 10 nitrogen and oxygen atoms in total. The molecule has 0 radical (unpaired) electrons. The molecule has 0 saturated carbocycles. The molecule has 0 aliphatic carbocycles. The standard InChI is InChI=1S/C19H20N4O6S/c1-12-4-6-14(22-8-3-9-30(22,28)29)10-16(12)20-18(24)19(25)21-17-11-15(23(26)27)7-5-13(17)2/h4-7,10-11H,3,8-9H2,1-2H3,(H,20,24)(H,21,25). The Bertz CT molecular complexity index is 1150. The Morgan fingerprint density at radius 3 is 2.10 bits per heavy atom. The van der Waals surface area contributed by atoms with Gasteiger partial charge in [-0.2, -0.15) is 0 Å². The molecule has 1 heterocycles. The first kappa shape index (κ1) is 21.2. The van der Waals surface area contributed by atoms with Crippen LogP contribution in [0.1, 0.15) is 17.5 Å². The topological polar surface area (TPSA) is 139 Å². The first-order chi connectivity index (χ1) is 14.1. The number of sulfonamides is 1. The monoisotopic (exact) mass is 432 g/mol. The van der Waals surface area contributed by atoms with Crippen LogP contribution in [-0.4, -0.2) is 37.5 Å². The molecule has 158 valence electrons. The molecule has 0 atom stereocenters. The van der Waals surface area contributed by atoms with Crippen molar-refractivity contribution in [3.8, 4) is 0 Å². The Morgan fingerprint density at radius 2 is 1.57 bits per heavy atom. The van der Waals surface area contributed by atoms with Crippen LogP contribution in [0.2, 0.25) is 0 Å². The van der Waals surface area contributed by atoms with E-state index in [9.17, 15) is 28.1 Å². The van der Waals surface area contributed by atoms with Gasteiger partial charge in [-0.3, -0.25) is 24.0 Å². The highest BCUT2D eigenvalue weighted by Crippen LogP contribution is 2.28. The number of nitrogens with one attached hydrogen (secondary N) is 2. The van der Waals surface area contributed by atoms with Crippen molar-refractivity contribution in [1.82, 2.24) is 0 Å². The maximum Gasteiger partial charge on any atom is 0.314 e. The molecule has 0 spiro atoms. The first-order valence-corrected chi connectivity index (χ1v) is 10.7. The molecule has 2 N–H and O–H groups in total. The molecule has 1 aliphatic rings. The van der Waals surface area contributed by atoms with Crippen LogP contribution in [0.15, 0.2) is 36.4 Å². The molecule has 2 aromatic rings. The van der Waals surface area contributed by atoms with Gasteiger partial charge in [-0.15, -0.1) is 0 Å². The number of anilines is 3. The van der Waals surface area contributed by atoms with Crippen molar-refractivity contribution < 1.29 is 22.9 Å². The van der Waals surface area contributed by atoms with E-state index in [1.807, 2.05) is 0 Å². The Hall–Kier alpha value is -3.47. The maximum absolute atomic E-state index is 12.4. The van der Waals surface area contributed by atoms with Gasteiger partial charge in [0.25, 0.3) is 5.69 Å². The van der Waals surface area contributed by atoms with Crippen molar-refractivity contribution in [1.29, 1.82) is 0 Å². The lowest BCUT2D eigenvalue weighted by molar-refractivity contribution is -0.384. The summed E-state index contributed by atoms with van der Waals surface area (Å²) >= 11 is 0. The number of aryl methyl sites for hydroxylation is 2. The number of hydrogen-bond acceptors (Lipinski definition) is 6. The molecule has 2 amide bonds. The van der Waals surface area contributed by atoms with E-state index in [2.05, 4.69) is 10.6 Å². The van der Waals surface area contributed by atoms with Gasteiger partial charge in [-0.25, -0.2) is 8.42 Å². The quantitative estimate of drug-likeness (QED) is 0.432. The summed E-state index contributed by atoms with van der Waals surface area (Å²) in [6.45, 7) is 3.70. The zero-order chi connectivity index (χ0) is 22.1. The molecule has 0 aromatic heterocycles. The number of carbonyl (C=O) groups excluding carboxylic acids is 2. The molecule has 11 heteroatoms. The first-order valence-electron chi connectivity index (χ1n) is 9.07. The van der Waals surface area contributed by atoms with Crippen LogP contribution in [0.25, 0.3) is 0 Å². The molecule has 2 aromatic carbocycles. The van der Waals surface area contributed by atoms with Crippen molar-refractivity contribution in [2.45, 2.75) is 20.3 Å². The number of non-ortho nitro benzene ring substituents is 1. The number of hydrogen-bond donors (Lipinski definition) is 2. The second-order valence-electron chi connectivity index (χ2n) is 6.91. The van der Waals surface area contributed by atoms with Gasteiger partial charge in [0.2, 0.25) is 10.0 Å². The van der Waals surface area contributed by atoms with Crippen molar-refractivity contribution >= 4 is 44.6 Å². The maximum atomic E-state index is 12.4. The van der Waals surface area contributed by atoms with Crippen LogP contribution in [0, 0.1) is 24.0 Å². The lowest BCUT2D eigenvalue weighted by atomic mass is 10.1. The van der Waals surface area contributed by atoms with Crippen LogP contribution in [0.4, 0.5) is 22.7 Å². The van der Waals surface area contributed by atoms with Gasteiger partial charge < -0.3 is 10.6 Å². The molecule has 1 saturated heterocycles. The average Bonchev–Trinajstić information content (AvgIpc) is 3.04. The Morgan fingerprint density at radius 1 is 1.00 bits per heavy atom. The molecular weight excluding hydrogens is 412 g/mol. The van der Waals surface area contributed by atoms with Crippen LogP contribution < -0.4 is 14.9 Å². The van der Waals surface area contributed by atoms with E-state index in [4.69, 9.17) is 0 Å². The number of amides is 2. The van der Waals surface area contributed by atoms with Gasteiger partial charge in [-0.1, -0.05) is 12.1 Å². The number of rotatable bonds is 4. The zero-order valence-electron chi connectivity index (χ0n) is 16.3. The second-order valence-corrected chi connectivity index (χ2v) is 8.92. The predicted molar refractivity (Wildman–Crippen MR) is 112 cm³/mol. The van der Waals surface area contributed by atoms with E-state index < -0.39 is 26.8 Å². The summed E-state index contributed by atoms with van der Waals surface area (Å²) < 4.78 is 25.5. The summed E-state index contributed by atoms with van der Waals surface area (Å²) in [6, 6.07) is 8.73. The van der Waals surface area contributed by atoms with Gasteiger partial charge >= 0.3 is 11.8 Å². The fraction of sp³-hybridized carbons (Fsp3) is 0.263. The third-order valence-corrected chi connectivity index (χ3v) is 6.61. The lowest BCUT2D eigenvalue weighted by Gasteiger charge is -2.19. The van der Waals surface area contributed by atoms with E-state index in [-0.39, 0.29) is 17.1 Å². The predicted octanol–water partition coefficient (Wildman–Crippen LogP) is 2.33. The minimum absolute atomic E-state index is 0.0630. The fourth-order valence-electron chi connectivity index (χ4n) is 3.05. The van der Waals surface area contributed by atoms with E-state index >= 15 is 0 Å². The molecule has 3 rings (SSSR count). The summed E-state index contributed by atoms with van der Waals surface area (Å²) in [4.78, 5) is 35.0.